The first-order valence-corrected chi connectivity index (χ1v) is 6.10. The molecule has 7 heteroatoms. The van der Waals surface area contributed by atoms with Gasteiger partial charge >= 0.3 is 12.1 Å². The molecule has 22 heavy (non-hydrogen) atoms. The molecule has 118 valence electrons. The van der Waals surface area contributed by atoms with Gasteiger partial charge in [-0.3, -0.25) is 4.79 Å². The van der Waals surface area contributed by atoms with Gasteiger partial charge in [0, 0.05) is 0 Å². The quantitative estimate of drug-likeness (QED) is 0.474. The van der Waals surface area contributed by atoms with E-state index in [-0.39, 0.29) is 5.56 Å². The Hall–Kier alpha value is -2.23. The van der Waals surface area contributed by atoms with Crippen molar-refractivity contribution in [3.63, 3.8) is 0 Å². The SMILES string of the molecule is Cc1cc(C)c(/C=C(\C#N)C(=O)C(F)(F)C(F)(F)F)c(C)c1. The number of rotatable bonds is 3. The first-order valence-electron chi connectivity index (χ1n) is 6.10. The summed E-state index contributed by atoms with van der Waals surface area (Å²) in [6.45, 7) is 4.99. The summed E-state index contributed by atoms with van der Waals surface area (Å²) in [7, 11) is 0. The summed E-state index contributed by atoms with van der Waals surface area (Å²) in [6.07, 6.45) is -5.27. The average Bonchev–Trinajstić information content (AvgIpc) is 2.35. The van der Waals surface area contributed by atoms with E-state index < -0.39 is 23.5 Å². The Balaban J connectivity index is 3.41. The maximum absolute atomic E-state index is 13.1. The van der Waals surface area contributed by atoms with Gasteiger partial charge in [-0.2, -0.15) is 27.2 Å². The number of allylic oxidation sites excluding steroid dienone is 1. The minimum atomic E-state index is -6.04. The maximum Gasteiger partial charge on any atom is 0.461 e. The van der Waals surface area contributed by atoms with Gasteiger partial charge in [-0.1, -0.05) is 17.7 Å². The second-order valence-electron chi connectivity index (χ2n) is 4.88. The van der Waals surface area contributed by atoms with Crippen LogP contribution in [-0.4, -0.2) is 17.9 Å². The summed E-state index contributed by atoms with van der Waals surface area (Å²) < 4.78 is 62.8. The standard InChI is InChI=1S/C15H12F5NO/c1-8-4-9(2)12(10(3)5-8)6-11(7-21)13(22)14(16,17)15(18,19)20/h4-6H,1-3H3/b11-6+. The van der Waals surface area contributed by atoms with Crippen molar-refractivity contribution in [2.24, 2.45) is 0 Å². The molecule has 0 radical (unpaired) electrons. The monoisotopic (exact) mass is 317 g/mol. The number of Topliss-reactive ketones (excluding diaryl/α,β-unsaturated/α-hetero) is 1. The fourth-order valence-electron chi connectivity index (χ4n) is 2.01. The molecule has 0 fully saturated rings. The number of aryl methyl sites for hydroxylation is 3. The summed E-state index contributed by atoms with van der Waals surface area (Å²) in [4.78, 5) is 11.4. The van der Waals surface area contributed by atoms with Crippen molar-refractivity contribution in [3.05, 3.63) is 40.0 Å². The third-order valence-corrected chi connectivity index (χ3v) is 3.03. The van der Waals surface area contributed by atoms with Crippen molar-refractivity contribution in [3.8, 4) is 6.07 Å². The topological polar surface area (TPSA) is 40.9 Å². The van der Waals surface area contributed by atoms with Gasteiger partial charge in [-0.05, 0) is 43.5 Å². The van der Waals surface area contributed by atoms with E-state index in [4.69, 9.17) is 5.26 Å². The van der Waals surface area contributed by atoms with Crippen LogP contribution in [0.5, 0.6) is 0 Å². The lowest BCUT2D eigenvalue weighted by Crippen LogP contribution is -2.44. The molecule has 1 rings (SSSR count). The molecule has 0 heterocycles. The molecule has 1 aromatic carbocycles. The molecule has 1 aromatic rings. The summed E-state index contributed by atoms with van der Waals surface area (Å²) in [6, 6.07) is 4.46. The van der Waals surface area contributed by atoms with Gasteiger partial charge in [0.2, 0.25) is 0 Å². The van der Waals surface area contributed by atoms with Gasteiger partial charge in [-0.25, -0.2) is 0 Å². The van der Waals surface area contributed by atoms with E-state index in [1.54, 1.807) is 32.9 Å². The minimum absolute atomic E-state index is 0.272. The van der Waals surface area contributed by atoms with Crippen LogP contribution in [0, 0.1) is 32.1 Å². The fraction of sp³-hybridized carbons (Fsp3) is 0.333. The van der Waals surface area contributed by atoms with Crippen molar-refractivity contribution in [2.75, 3.05) is 0 Å². The van der Waals surface area contributed by atoms with Crippen molar-refractivity contribution in [1.82, 2.24) is 0 Å². The lowest BCUT2D eigenvalue weighted by atomic mass is 9.96. The van der Waals surface area contributed by atoms with Gasteiger partial charge in [0.05, 0.1) is 0 Å². The molecular formula is C15H12F5NO. The zero-order valence-electron chi connectivity index (χ0n) is 12.0. The Kier molecular flexibility index (Phi) is 4.76. The van der Waals surface area contributed by atoms with E-state index in [9.17, 15) is 26.7 Å². The summed E-state index contributed by atoms with van der Waals surface area (Å²) in [5.41, 5.74) is 1.02. The van der Waals surface area contributed by atoms with Crippen LogP contribution < -0.4 is 0 Å². The number of alkyl halides is 5. The van der Waals surface area contributed by atoms with E-state index in [0.717, 1.165) is 17.7 Å². The Morgan fingerprint density at radius 2 is 1.55 bits per heavy atom. The zero-order chi connectivity index (χ0) is 17.3. The molecule has 0 atom stereocenters. The summed E-state index contributed by atoms with van der Waals surface area (Å²) in [5.74, 6) is -8.15. The van der Waals surface area contributed by atoms with Crippen molar-refractivity contribution >= 4 is 11.9 Å². The average molecular weight is 317 g/mol. The molecule has 0 aliphatic carbocycles. The highest BCUT2D eigenvalue weighted by atomic mass is 19.4. The van der Waals surface area contributed by atoms with Crippen LogP contribution >= 0.6 is 0 Å². The number of halogens is 5. The third kappa shape index (κ3) is 3.32. The molecule has 0 aliphatic rings. The second kappa shape index (κ2) is 5.87. The van der Waals surface area contributed by atoms with Gasteiger partial charge in [0.1, 0.15) is 11.6 Å². The first-order chi connectivity index (χ1) is 9.91. The van der Waals surface area contributed by atoms with E-state index in [0.29, 0.717) is 11.1 Å². The van der Waals surface area contributed by atoms with Crippen LogP contribution in [-0.2, 0) is 4.79 Å². The Labute approximate surface area is 123 Å². The molecule has 0 aliphatic heterocycles. The molecule has 0 saturated carbocycles. The van der Waals surface area contributed by atoms with Crippen LogP contribution in [0.4, 0.5) is 22.0 Å². The van der Waals surface area contributed by atoms with E-state index in [2.05, 4.69) is 0 Å². The predicted molar refractivity (Wildman–Crippen MR) is 70.3 cm³/mol. The van der Waals surface area contributed by atoms with E-state index >= 15 is 0 Å². The smallest absolute Gasteiger partial charge is 0.286 e. The number of nitriles is 1. The second-order valence-corrected chi connectivity index (χ2v) is 4.88. The Morgan fingerprint density at radius 3 is 1.91 bits per heavy atom. The molecule has 0 N–H and O–H groups in total. The van der Waals surface area contributed by atoms with Crippen LogP contribution in [0.1, 0.15) is 22.3 Å². The van der Waals surface area contributed by atoms with Crippen molar-refractivity contribution in [1.29, 1.82) is 5.26 Å². The normalized spacial score (nSPS) is 13.0. The number of carbonyl (C=O) groups is 1. The number of hydrogen-bond acceptors (Lipinski definition) is 2. The number of ketones is 1. The molecule has 0 bridgehead atoms. The van der Waals surface area contributed by atoms with Crippen LogP contribution in [0.2, 0.25) is 0 Å². The third-order valence-electron chi connectivity index (χ3n) is 3.03. The van der Waals surface area contributed by atoms with Gasteiger partial charge in [0.25, 0.3) is 5.78 Å². The number of nitrogens with zero attached hydrogens (tertiary/aromatic N) is 1. The van der Waals surface area contributed by atoms with Gasteiger partial charge < -0.3 is 0 Å². The molecule has 0 aromatic heterocycles. The fourth-order valence-corrected chi connectivity index (χ4v) is 2.01. The first kappa shape index (κ1) is 17.8. The molecular weight excluding hydrogens is 305 g/mol. The van der Waals surface area contributed by atoms with E-state index in [1.807, 2.05) is 0 Å². The zero-order valence-corrected chi connectivity index (χ0v) is 12.0. The molecule has 0 unspecified atom stereocenters. The highest BCUT2D eigenvalue weighted by Gasteiger charge is 2.63. The summed E-state index contributed by atoms with van der Waals surface area (Å²) in [5, 5.41) is 8.78. The lowest BCUT2D eigenvalue weighted by molar-refractivity contribution is -0.266. The highest BCUT2D eigenvalue weighted by Crippen LogP contribution is 2.38. The molecule has 0 amide bonds. The highest BCUT2D eigenvalue weighted by molar-refractivity contribution is 6.08. The number of benzene rings is 1. The van der Waals surface area contributed by atoms with Gasteiger partial charge in [-0.15, -0.1) is 0 Å². The van der Waals surface area contributed by atoms with E-state index in [1.165, 1.54) is 0 Å². The minimum Gasteiger partial charge on any atom is -0.286 e. The Bertz CT molecular complexity index is 657. The molecule has 0 spiro atoms. The van der Waals surface area contributed by atoms with Crippen LogP contribution in [0.25, 0.3) is 6.08 Å². The molecule has 0 saturated heterocycles. The number of carbonyl (C=O) groups excluding carboxylic acids is 1. The van der Waals surface area contributed by atoms with Crippen molar-refractivity contribution < 1.29 is 26.7 Å². The van der Waals surface area contributed by atoms with Crippen LogP contribution in [0.15, 0.2) is 17.7 Å². The Morgan fingerprint density at radius 1 is 1.09 bits per heavy atom. The number of hydrogen-bond donors (Lipinski definition) is 0. The largest absolute Gasteiger partial charge is 0.461 e. The maximum atomic E-state index is 13.1. The summed E-state index contributed by atoms with van der Waals surface area (Å²) >= 11 is 0. The lowest BCUT2D eigenvalue weighted by Gasteiger charge is -2.17. The van der Waals surface area contributed by atoms with Gasteiger partial charge in [0.15, 0.2) is 0 Å². The van der Waals surface area contributed by atoms with Crippen molar-refractivity contribution in [2.45, 2.75) is 32.9 Å². The predicted octanol–water partition coefficient (Wildman–Crippen LogP) is 4.29. The molecule has 2 nitrogen and oxygen atoms in total. The van der Waals surface area contributed by atoms with Crippen LogP contribution in [0.3, 0.4) is 0 Å².